The zero-order valence-electron chi connectivity index (χ0n) is 12.6. The molecule has 7 heteroatoms. The summed E-state index contributed by atoms with van der Waals surface area (Å²) in [5.74, 6) is 0.638. The van der Waals surface area contributed by atoms with Crippen LogP contribution in [0.2, 0.25) is 0 Å². The Morgan fingerprint density at radius 1 is 1.38 bits per heavy atom. The Labute approximate surface area is 138 Å². The van der Waals surface area contributed by atoms with Gasteiger partial charge in [-0.05, 0) is 35.0 Å². The maximum atomic E-state index is 12.6. The number of aromatic nitrogens is 2. The molecule has 2 rings (SSSR count). The average molecular weight is 373 g/mol. The van der Waals surface area contributed by atoms with Crippen molar-refractivity contribution in [2.75, 3.05) is 25.7 Å². The number of hydrogen-bond acceptors (Lipinski definition) is 5. The summed E-state index contributed by atoms with van der Waals surface area (Å²) in [6.45, 7) is 0. The summed E-state index contributed by atoms with van der Waals surface area (Å²) in [6, 6.07) is 0. The molecule has 0 aromatic carbocycles. The van der Waals surface area contributed by atoms with Gasteiger partial charge in [-0.2, -0.15) is 0 Å². The number of likely N-dealkylation sites (N-methyl/N-ethyl adjacent to an activating group) is 1. The van der Waals surface area contributed by atoms with Crippen LogP contribution in [0.15, 0.2) is 15.7 Å². The molecular weight excluding hydrogens is 352 g/mol. The van der Waals surface area contributed by atoms with Crippen LogP contribution in [0.25, 0.3) is 0 Å². The van der Waals surface area contributed by atoms with Crippen molar-refractivity contribution < 1.29 is 4.79 Å². The minimum Gasteiger partial charge on any atom is -0.347 e. The van der Waals surface area contributed by atoms with Gasteiger partial charge in [0.15, 0.2) is 0 Å². The molecule has 1 heterocycles. The van der Waals surface area contributed by atoms with E-state index in [-0.39, 0.29) is 5.91 Å². The van der Waals surface area contributed by atoms with E-state index in [9.17, 15) is 4.79 Å². The van der Waals surface area contributed by atoms with Crippen molar-refractivity contribution >= 4 is 39.5 Å². The van der Waals surface area contributed by atoms with Crippen molar-refractivity contribution in [2.45, 2.75) is 42.7 Å². The predicted octanol–water partition coefficient (Wildman–Crippen LogP) is 3.16. The highest BCUT2D eigenvalue weighted by atomic mass is 79.9. The zero-order chi connectivity index (χ0) is 15.5. The number of halogens is 1. The number of anilines is 1. The molecule has 0 saturated heterocycles. The summed E-state index contributed by atoms with van der Waals surface area (Å²) in [5, 5.41) is 4.20. The van der Waals surface area contributed by atoms with E-state index in [1.165, 1.54) is 6.42 Å². The largest absolute Gasteiger partial charge is 0.347 e. The molecule has 0 spiro atoms. The molecule has 1 aliphatic carbocycles. The molecule has 0 aliphatic heterocycles. The van der Waals surface area contributed by atoms with E-state index < -0.39 is 5.54 Å². The Bertz CT molecular complexity index is 518. The van der Waals surface area contributed by atoms with Crippen molar-refractivity contribution in [1.29, 1.82) is 0 Å². The Kier molecular flexibility index (Phi) is 5.48. The van der Waals surface area contributed by atoms with Crippen LogP contribution in [-0.2, 0) is 4.79 Å². The lowest BCUT2D eigenvalue weighted by Gasteiger charge is -2.38. The number of rotatable bonds is 4. The molecular formula is C14H21BrN4OS. The lowest BCUT2D eigenvalue weighted by atomic mass is 9.80. The number of amides is 1. The second kappa shape index (κ2) is 6.96. The van der Waals surface area contributed by atoms with E-state index in [0.29, 0.717) is 5.95 Å². The molecule has 1 amide bonds. The summed E-state index contributed by atoms with van der Waals surface area (Å²) >= 11 is 4.98. The van der Waals surface area contributed by atoms with Gasteiger partial charge < -0.3 is 10.2 Å². The van der Waals surface area contributed by atoms with Crippen LogP contribution in [-0.4, -0.2) is 46.7 Å². The average Bonchev–Trinajstić information content (AvgIpc) is 2.49. The third kappa shape index (κ3) is 3.69. The van der Waals surface area contributed by atoms with Gasteiger partial charge in [-0.15, -0.1) is 11.8 Å². The maximum absolute atomic E-state index is 12.6. The van der Waals surface area contributed by atoms with Crippen LogP contribution < -0.4 is 5.32 Å². The maximum Gasteiger partial charge on any atom is 0.247 e. The Balaban J connectivity index is 2.28. The lowest BCUT2D eigenvalue weighted by molar-refractivity contribution is -0.134. The summed E-state index contributed by atoms with van der Waals surface area (Å²) in [7, 11) is 3.60. The van der Waals surface area contributed by atoms with E-state index in [2.05, 4.69) is 31.2 Å². The molecule has 1 fully saturated rings. The number of carbonyl (C=O) groups is 1. The lowest BCUT2D eigenvalue weighted by Crippen LogP contribution is -2.53. The van der Waals surface area contributed by atoms with Crippen LogP contribution in [0.4, 0.5) is 5.95 Å². The molecule has 21 heavy (non-hydrogen) atoms. The SMILES string of the molecule is CSc1nc(NC2(C(=O)N(C)C)CCCCC2)ncc1Br. The minimum absolute atomic E-state index is 0.111. The van der Waals surface area contributed by atoms with Gasteiger partial charge in [0.05, 0.1) is 4.47 Å². The number of carbonyl (C=O) groups excluding carboxylic acids is 1. The van der Waals surface area contributed by atoms with E-state index >= 15 is 0 Å². The second-order valence-corrected chi connectivity index (χ2v) is 7.17. The molecule has 1 aromatic heterocycles. The Morgan fingerprint density at radius 2 is 2.05 bits per heavy atom. The fraction of sp³-hybridized carbons (Fsp3) is 0.643. The van der Waals surface area contributed by atoms with E-state index in [1.54, 1.807) is 37.0 Å². The number of thioether (sulfide) groups is 1. The van der Waals surface area contributed by atoms with Crippen molar-refractivity contribution in [3.8, 4) is 0 Å². The van der Waals surface area contributed by atoms with E-state index in [0.717, 1.165) is 35.2 Å². The second-order valence-electron chi connectivity index (χ2n) is 5.52. The Morgan fingerprint density at radius 3 is 2.62 bits per heavy atom. The molecule has 0 bridgehead atoms. The van der Waals surface area contributed by atoms with Crippen LogP contribution in [0.3, 0.4) is 0 Å². The first kappa shape index (κ1) is 16.5. The van der Waals surface area contributed by atoms with Crippen LogP contribution in [0, 0.1) is 0 Å². The van der Waals surface area contributed by atoms with Crippen molar-refractivity contribution in [2.24, 2.45) is 0 Å². The first-order valence-corrected chi connectivity index (χ1v) is 9.07. The van der Waals surface area contributed by atoms with Gasteiger partial charge >= 0.3 is 0 Å². The summed E-state index contributed by atoms with van der Waals surface area (Å²) in [4.78, 5) is 23.1. The van der Waals surface area contributed by atoms with Gasteiger partial charge in [0.1, 0.15) is 10.6 Å². The van der Waals surface area contributed by atoms with Crippen LogP contribution in [0.1, 0.15) is 32.1 Å². The minimum atomic E-state index is -0.564. The number of hydrogen-bond donors (Lipinski definition) is 1. The monoisotopic (exact) mass is 372 g/mol. The topological polar surface area (TPSA) is 58.1 Å². The molecule has 0 atom stereocenters. The van der Waals surface area contributed by atoms with Crippen molar-refractivity contribution in [3.05, 3.63) is 10.7 Å². The molecule has 1 N–H and O–H groups in total. The first-order chi connectivity index (χ1) is 9.98. The number of nitrogens with one attached hydrogen (secondary N) is 1. The molecule has 0 unspecified atom stereocenters. The van der Waals surface area contributed by atoms with Gasteiger partial charge in [0.2, 0.25) is 11.9 Å². The molecule has 1 aromatic rings. The van der Waals surface area contributed by atoms with Crippen LogP contribution in [0.5, 0.6) is 0 Å². The fourth-order valence-corrected chi connectivity index (χ4v) is 3.85. The van der Waals surface area contributed by atoms with E-state index in [1.807, 2.05) is 6.26 Å². The molecule has 116 valence electrons. The molecule has 0 radical (unpaired) electrons. The highest BCUT2D eigenvalue weighted by molar-refractivity contribution is 9.10. The quantitative estimate of drug-likeness (QED) is 0.649. The van der Waals surface area contributed by atoms with Crippen LogP contribution >= 0.6 is 27.7 Å². The third-order valence-corrected chi connectivity index (χ3v) is 5.32. The third-order valence-electron chi connectivity index (χ3n) is 3.78. The fourth-order valence-electron chi connectivity index (χ4n) is 2.74. The van der Waals surface area contributed by atoms with Crippen molar-refractivity contribution in [3.63, 3.8) is 0 Å². The normalized spacial score (nSPS) is 17.3. The smallest absolute Gasteiger partial charge is 0.247 e. The van der Waals surface area contributed by atoms with Gasteiger partial charge in [0.25, 0.3) is 0 Å². The predicted molar refractivity (Wildman–Crippen MR) is 89.6 cm³/mol. The van der Waals surface area contributed by atoms with Gasteiger partial charge in [-0.3, -0.25) is 4.79 Å². The van der Waals surface area contributed by atoms with E-state index in [4.69, 9.17) is 0 Å². The summed E-state index contributed by atoms with van der Waals surface area (Å²) in [6.07, 6.45) is 8.66. The van der Waals surface area contributed by atoms with Gasteiger partial charge in [-0.1, -0.05) is 19.3 Å². The van der Waals surface area contributed by atoms with Crippen molar-refractivity contribution in [1.82, 2.24) is 14.9 Å². The van der Waals surface area contributed by atoms with Gasteiger partial charge in [0, 0.05) is 20.3 Å². The highest BCUT2D eigenvalue weighted by Crippen LogP contribution is 2.33. The number of nitrogens with zero attached hydrogens (tertiary/aromatic N) is 3. The molecule has 1 aliphatic rings. The first-order valence-electron chi connectivity index (χ1n) is 7.05. The summed E-state index contributed by atoms with van der Waals surface area (Å²) in [5.41, 5.74) is -0.564. The summed E-state index contributed by atoms with van der Waals surface area (Å²) < 4.78 is 0.872. The molecule has 1 saturated carbocycles. The highest BCUT2D eigenvalue weighted by Gasteiger charge is 2.41. The Hall–Kier alpha value is -0.820. The zero-order valence-corrected chi connectivity index (χ0v) is 15.1. The standard InChI is InChI=1S/C14H21BrN4OS/c1-19(2)12(20)14(7-5-4-6-8-14)18-13-16-9-10(15)11(17-13)21-3/h9H,4-8H2,1-3H3,(H,16,17,18). The van der Waals surface area contributed by atoms with Gasteiger partial charge in [-0.25, -0.2) is 9.97 Å². The molecule has 5 nitrogen and oxygen atoms in total.